The quantitative estimate of drug-likeness (QED) is 0.157. The molecule has 4 heterocycles. The number of hydrogen-bond donors (Lipinski definition) is 0. The highest BCUT2D eigenvalue weighted by atomic mass is 16.5. The molecule has 0 fully saturated rings. The van der Waals surface area contributed by atoms with Crippen LogP contribution in [0.1, 0.15) is 90.1 Å². The zero-order chi connectivity index (χ0) is 43.0. The number of para-hydroxylation sites is 3. The van der Waals surface area contributed by atoms with Gasteiger partial charge in [0.2, 0.25) is 5.82 Å². The Bertz CT molecular complexity index is 3090. The molecule has 0 aliphatic rings. The van der Waals surface area contributed by atoms with Gasteiger partial charge in [0.1, 0.15) is 23.0 Å². The van der Waals surface area contributed by atoms with Gasteiger partial charge in [-0.05, 0) is 130 Å². The van der Waals surface area contributed by atoms with Crippen LogP contribution in [0.3, 0.4) is 0 Å². The molecule has 306 valence electrons. The maximum atomic E-state index is 6.71. The summed E-state index contributed by atoms with van der Waals surface area (Å²) in [5.74, 6) is 3.07. The third-order valence-corrected chi connectivity index (χ3v) is 12.1. The minimum atomic E-state index is -0.00272. The summed E-state index contributed by atoms with van der Waals surface area (Å²) in [4.78, 5) is 9.85. The van der Waals surface area contributed by atoms with Gasteiger partial charge in [-0.15, -0.1) is 0 Å². The van der Waals surface area contributed by atoms with Gasteiger partial charge < -0.3 is 4.74 Å². The molecule has 0 saturated heterocycles. The molecule has 0 amide bonds. The van der Waals surface area contributed by atoms with E-state index in [2.05, 4.69) is 205 Å². The molecule has 0 unspecified atom stereocenters. The first-order valence-electron chi connectivity index (χ1n) is 21.4. The Morgan fingerprint density at radius 3 is 1.77 bits per heavy atom. The average molecular weight is 803 g/mol. The first-order valence-corrected chi connectivity index (χ1v) is 21.4. The fourth-order valence-corrected chi connectivity index (χ4v) is 8.66. The van der Waals surface area contributed by atoms with Gasteiger partial charge in [-0.1, -0.05) is 111 Å². The summed E-state index contributed by atoms with van der Waals surface area (Å²) in [5, 5.41) is 2.31. The topological polar surface area (TPSA) is 48.8 Å². The molecule has 0 N–H and O–H groups in total. The Labute approximate surface area is 360 Å². The van der Waals surface area contributed by atoms with Crippen molar-refractivity contribution >= 4 is 32.8 Å². The van der Waals surface area contributed by atoms with Crippen molar-refractivity contribution in [3.05, 3.63) is 168 Å². The maximum Gasteiger partial charge on any atom is 0.256 e. The monoisotopic (exact) mass is 802 g/mol. The van der Waals surface area contributed by atoms with Crippen molar-refractivity contribution in [2.24, 2.45) is 0 Å². The van der Waals surface area contributed by atoms with Crippen LogP contribution in [0.5, 0.6) is 11.5 Å². The molecule has 6 nitrogen and oxygen atoms in total. The molecule has 0 atom stereocenters. The summed E-state index contributed by atoms with van der Waals surface area (Å²) in [6.07, 6.45) is 5.91. The van der Waals surface area contributed by atoms with Crippen molar-refractivity contribution < 1.29 is 9.30 Å². The Morgan fingerprint density at radius 2 is 1.08 bits per heavy atom. The summed E-state index contributed by atoms with van der Waals surface area (Å²) in [5.41, 5.74) is 14.4. The van der Waals surface area contributed by atoms with Gasteiger partial charge in [-0.3, -0.25) is 4.57 Å². The van der Waals surface area contributed by atoms with E-state index in [0.717, 1.165) is 56.1 Å². The van der Waals surface area contributed by atoms with Crippen molar-refractivity contribution in [3.8, 4) is 39.9 Å². The fourth-order valence-electron chi connectivity index (χ4n) is 8.66. The standard InChI is InChI=1S/C55H56N5O/c1-35-26-38(53(3,4)5)27-36(2)52(35)37-22-24-57-51(28-37)60-46-17-13-12-16-44(46)45-21-20-42(32-49(45)60)61-43-23-25-56-50(33-43)59-34-58(47-18-14-15-19-48(47)59)41-30-39(54(6,7)8)29-40(31-41)55(9,10)11/h12-34H,1-11H3/q+1. The number of fused-ring (bicyclic) bond motifs is 4. The van der Waals surface area contributed by atoms with Crippen LogP contribution in [0.4, 0.5) is 0 Å². The fraction of sp³-hybridized carbons (Fsp3) is 0.255. The first-order chi connectivity index (χ1) is 28.9. The smallest absolute Gasteiger partial charge is 0.256 e. The number of hydrogen-bond acceptors (Lipinski definition) is 3. The highest BCUT2D eigenvalue weighted by Crippen LogP contribution is 2.38. The molecular formula is C55H56N5O+. The van der Waals surface area contributed by atoms with E-state index in [-0.39, 0.29) is 16.2 Å². The van der Waals surface area contributed by atoms with Crippen LogP contribution in [0, 0.1) is 13.8 Å². The van der Waals surface area contributed by atoms with Crippen LogP contribution >= 0.6 is 0 Å². The molecule has 0 spiro atoms. The lowest BCUT2D eigenvalue weighted by molar-refractivity contribution is -0.567. The molecule has 9 rings (SSSR count). The van der Waals surface area contributed by atoms with Gasteiger partial charge in [-0.25, -0.2) is 9.97 Å². The number of pyridine rings is 2. The van der Waals surface area contributed by atoms with E-state index >= 15 is 0 Å². The zero-order valence-corrected chi connectivity index (χ0v) is 37.4. The summed E-state index contributed by atoms with van der Waals surface area (Å²) >= 11 is 0. The molecule has 0 radical (unpaired) electrons. The van der Waals surface area contributed by atoms with E-state index in [1.54, 1.807) is 0 Å². The number of imidazole rings is 1. The SMILES string of the molecule is Cc1cc(C(C)(C)C)cc(C)c1-c1ccnc(-n2c3ccccc3c3ccc(Oc4ccnc(-n5c[n+](-c6cc(C(C)(C)C)cc(C(C)(C)C)c6)c6ccccc65)c4)cc32)c1. The van der Waals surface area contributed by atoms with E-state index in [1.807, 2.05) is 24.5 Å². The third kappa shape index (κ3) is 7.39. The number of aromatic nitrogens is 5. The van der Waals surface area contributed by atoms with Crippen LogP contribution in [0.2, 0.25) is 0 Å². The first kappa shape index (κ1) is 39.9. The van der Waals surface area contributed by atoms with Crippen molar-refractivity contribution in [3.63, 3.8) is 0 Å². The largest absolute Gasteiger partial charge is 0.457 e. The zero-order valence-electron chi connectivity index (χ0n) is 37.4. The van der Waals surface area contributed by atoms with Gasteiger partial charge in [0.15, 0.2) is 11.0 Å². The van der Waals surface area contributed by atoms with E-state index in [0.29, 0.717) is 5.75 Å². The summed E-state index contributed by atoms with van der Waals surface area (Å²) in [6.45, 7) is 24.9. The molecular weight excluding hydrogens is 747 g/mol. The van der Waals surface area contributed by atoms with Gasteiger partial charge in [-0.2, -0.15) is 9.13 Å². The predicted molar refractivity (Wildman–Crippen MR) is 252 cm³/mol. The highest BCUT2D eigenvalue weighted by Gasteiger charge is 2.26. The van der Waals surface area contributed by atoms with Crippen LogP contribution in [0.25, 0.3) is 61.3 Å². The molecule has 61 heavy (non-hydrogen) atoms. The van der Waals surface area contributed by atoms with Gasteiger partial charge in [0.05, 0.1) is 11.0 Å². The second-order valence-electron chi connectivity index (χ2n) is 19.7. The highest BCUT2D eigenvalue weighted by molar-refractivity contribution is 6.09. The number of aryl methyl sites for hydroxylation is 2. The van der Waals surface area contributed by atoms with Crippen molar-refractivity contribution in [2.75, 3.05) is 0 Å². The minimum absolute atomic E-state index is 0.00272. The van der Waals surface area contributed by atoms with E-state index in [1.165, 1.54) is 38.8 Å². The molecule has 0 saturated carbocycles. The lowest BCUT2D eigenvalue weighted by Crippen LogP contribution is -2.31. The number of rotatable bonds is 6. The van der Waals surface area contributed by atoms with Crippen LogP contribution in [0.15, 0.2) is 140 Å². The Kier molecular flexibility index (Phi) is 9.54. The molecule has 6 heteroatoms. The van der Waals surface area contributed by atoms with Gasteiger partial charge >= 0.3 is 0 Å². The number of benzene rings is 5. The molecule has 5 aromatic carbocycles. The van der Waals surface area contributed by atoms with Crippen molar-refractivity contribution in [2.45, 2.75) is 92.4 Å². The Balaban J connectivity index is 1.11. The molecule has 9 aromatic rings. The molecule has 0 aliphatic carbocycles. The minimum Gasteiger partial charge on any atom is -0.457 e. The maximum absolute atomic E-state index is 6.71. The van der Waals surface area contributed by atoms with Crippen LogP contribution in [-0.2, 0) is 16.2 Å². The lowest BCUT2D eigenvalue weighted by Gasteiger charge is -2.25. The molecule has 4 aromatic heterocycles. The molecule has 0 aliphatic heterocycles. The predicted octanol–water partition coefficient (Wildman–Crippen LogP) is 13.8. The van der Waals surface area contributed by atoms with Gasteiger partial charge in [0, 0.05) is 35.3 Å². The second-order valence-corrected chi connectivity index (χ2v) is 19.7. The average Bonchev–Trinajstić information content (AvgIpc) is 3.76. The number of ether oxygens (including phenoxy) is 1. The van der Waals surface area contributed by atoms with E-state index in [4.69, 9.17) is 14.7 Å². The summed E-state index contributed by atoms with van der Waals surface area (Å²) < 4.78 is 13.4. The van der Waals surface area contributed by atoms with E-state index < -0.39 is 0 Å². The lowest BCUT2D eigenvalue weighted by atomic mass is 9.80. The van der Waals surface area contributed by atoms with Crippen LogP contribution in [-0.4, -0.2) is 19.1 Å². The summed E-state index contributed by atoms with van der Waals surface area (Å²) in [6, 6.07) is 43.4. The Morgan fingerprint density at radius 1 is 0.508 bits per heavy atom. The molecule has 0 bridgehead atoms. The van der Waals surface area contributed by atoms with Crippen molar-refractivity contribution in [1.29, 1.82) is 0 Å². The number of nitrogens with zero attached hydrogens (tertiary/aromatic N) is 5. The third-order valence-electron chi connectivity index (χ3n) is 12.1. The van der Waals surface area contributed by atoms with E-state index in [9.17, 15) is 0 Å². The van der Waals surface area contributed by atoms with Crippen LogP contribution < -0.4 is 9.30 Å². The van der Waals surface area contributed by atoms with Crippen molar-refractivity contribution in [1.82, 2.24) is 19.1 Å². The summed E-state index contributed by atoms with van der Waals surface area (Å²) in [7, 11) is 0. The normalized spacial score (nSPS) is 12.5. The second kappa shape index (κ2) is 14.6. The Hall–Kier alpha value is -6.53. The van der Waals surface area contributed by atoms with Gasteiger partial charge in [0.25, 0.3) is 6.33 Å².